The third-order valence-electron chi connectivity index (χ3n) is 1.27. The third-order valence-corrected chi connectivity index (χ3v) is 1.27. The van der Waals surface area contributed by atoms with Gasteiger partial charge < -0.3 is 9.47 Å². The van der Waals surface area contributed by atoms with Crippen molar-refractivity contribution in [3.05, 3.63) is 12.2 Å². The molecule has 0 aliphatic carbocycles. The number of carbonyl (C=O) groups is 2. The lowest BCUT2D eigenvalue weighted by Gasteiger charge is -2.17. The van der Waals surface area contributed by atoms with Crippen molar-refractivity contribution in [2.24, 2.45) is 0 Å². The van der Waals surface area contributed by atoms with E-state index in [-0.39, 0.29) is 6.08 Å². The maximum atomic E-state index is 12.2. The van der Waals surface area contributed by atoms with E-state index in [2.05, 4.69) is 9.47 Å². The smallest absolute Gasteiger partial charge is 0.460 e. The Balaban J connectivity index is 4.45. The molecule has 0 bridgehead atoms. The lowest BCUT2D eigenvalue weighted by atomic mass is 10.4. The normalized spacial score (nSPS) is 12.9. The van der Waals surface area contributed by atoms with Crippen LogP contribution in [0.15, 0.2) is 12.2 Å². The molecule has 0 unspecified atom stereocenters. The largest absolute Gasteiger partial charge is 0.501 e. The molecule has 0 aliphatic rings. The first-order valence-electron chi connectivity index (χ1n) is 4.52. The van der Waals surface area contributed by atoms with Gasteiger partial charge in [0.05, 0.1) is 6.10 Å². The highest BCUT2D eigenvalue weighted by atomic mass is 19.4. The quantitative estimate of drug-likeness (QED) is 0.448. The minimum Gasteiger partial charge on any atom is -0.460 e. The van der Waals surface area contributed by atoms with Gasteiger partial charge in [-0.25, -0.2) is 9.59 Å². The van der Waals surface area contributed by atoms with E-state index < -0.39 is 30.3 Å². The molecule has 0 aromatic carbocycles. The van der Waals surface area contributed by atoms with Gasteiger partial charge in [0.25, 0.3) is 0 Å². The molecule has 4 nitrogen and oxygen atoms in total. The van der Waals surface area contributed by atoms with Gasteiger partial charge in [-0.3, -0.25) is 0 Å². The molecule has 0 amide bonds. The third kappa shape index (κ3) is 5.60. The monoisotopic (exact) mass is 276 g/mol. The van der Waals surface area contributed by atoms with Crippen molar-refractivity contribution < 1.29 is 41.0 Å². The van der Waals surface area contributed by atoms with Crippen LogP contribution >= 0.6 is 0 Å². The summed E-state index contributed by atoms with van der Waals surface area (Å²) in [5, 5.41) is 0. The van der Waals surface area contributed by atoms with Crippen LogP contribution in [0, 0.1) is 0 Å². The Morgan fingerprint density at radius 1 is 1.00 bits per heavy atom. The first kappa shape index (κ1) is 16.3. The van der Waals surface area contributed by atoms with E-state index in [9.17, 15) is 31.5 Å². The van der Waals surface area contributed by atoms with Crippen molar-refractivity contribution in [2.45, 2.75) is 32.2 Å². The molecule has 0 atom stereocenters. The Hall–Kier alpha value is -1.67. The van der Waals surface area contributed by atoms with Gasteiger partial charge in [-0.05, 0) is 13.8 Å². The van der Waals surface area contributed by atoms with Gasteiger partial charge >= 0.3 is 24.2 Å². The average Bonchev–Trinajstić information content (AvgIpc) is 2.11. The van der Waals surface area contributed by atoms with Crippen molar-refractivity contribution in [3.8, 4) is 0 Å². The second-order valence-electron chi connectivity index (χ2n) is 3.25. The van der Waals surface area contributed by atoms with Crippen molar-refractivity contribution in [1.29, 1.82) is 0 Å². The van der Waals surface area contributed by atoms with Crippen LogP contribution in [0.5, 0.6) is 0 Å². The summed E-state index contributed by atoms with van der Waals surface area (Å²) in [5.41, 5.74) is 0. The van der Waals surface area contributed by atoms with E-state index in [0.717, 1.165) is 0 Å². The maximum Gasteiger partial charge on any atom is 0.501 e. The summed E-state index contributed by atoms with van der Waals surface area (Å²) in [6.45, 7) is 2.95. The van der Waals surface area contributed by atoms with E-state index >= 15 is 0 Å². The fourth-order valence-corrected chi connectivity index (χ4v) is 0.626. The highest BCUT2D eigenvalue weighted by Gasteiger charge is 2.61. The number of esters is 2. The second-order valence-corrected chi connectivity index (χ2v) is 3.25. The Kier molecular flexibility index (Phi) is 5.25. The van der Waals surface area contributed by atoms with E-state index in [4.69, 9.17) is 0 Å². The fraction of sp³-hybridized carbons (Fsp3) is 0.556. The van der Waals surface area contributed by atoms with E-state index in [1.807, 2.05) is 0 Å². The van der Waals surface area contributed by atoms with Crippen molar-refractivity contribution in [3.63, 3.8) is 0 Å². The number of hydrogen-bond acceptors (Lipinski definition) is 4. The van der Waals surface area contributed by atoms with Crippen LogP contribution in [0.25, 0.3) is 0 Å². The zero-order valence-electron chi connectivity index (χ0n) is 9.25. The average molecular weight is 276 g/mol. The molecule has 0 heterocycles. The molecule has 0 aliphatic heterocycles. The predicted molar refractivity (Wildman–Crippen MR) is 47.5 cm³/mol. The number of rotatable bonds is 4. The van der Waals surface area contributed by atoms with Crippen molar-refractivity contribution in [1.82, 2.24) is 0 Å². The molecule has 0 aromatic heterocycles. The van der Waals surface area contributed by atoms with Gasteiger partial charge in [-0.15, -0.1) is 0 Å². The summed E-state index contributed by atoms with van der Waals surface area (Å²) in [5.74, 6) is -3.09. The van der Waals surface area contributed by atoms with Gasteiger partial charge in [0.1, 0.15) is 0 Å². The molecule has 0 saturated carbocycles. The fourth-order valence-electron chi connectivity index (χ4n) is 0.626. The van der Waals surface area contributed by atoms with Gasteiger partial charge in [0.15, 0.2) is 0 Å². The van der Waals surface area contributed by atoms with Crippen LogP contribution in [-0.4, -0.2) is 30.3 Å². The van der Waals surface area contributed by atoms with Crippen LogP contribution in [0.1, 0.15) is 13.8 Å². The number of alkyl halides is 5. The zero-order chi connectivity index (χ0) is 14.6. The molecule has 18 heavy (non-hydrogen) atoms. The zero-order valence-corrected chi connectivity index (χ0v) is 9.25. The Morgan fingerprint density at radius 3 is 1.83 bits per heavy atom. The SMILES string of the molecule is CC(C)OC(=O)/C=C/C(=O)OC(F)(F)C(F)(F)F. The van der Waals surface area contributed by atoms with Crippen LogP contribution < -0.4 is 0 Å². The van der Waals surface area contributed by atoms with Gasteiger partial charge in [0.2, 0.25) is 0 Å². The number of ether oxygens (including phenoxy) is 2. The number of halogens is 5. The van der Waals surface area contributed by atoms with Crippen LogP contribution in [0.2, 0.25) is 0 Å². The summed E-state index contributed by atoms with van der Waals surface area (Å²) in [6.07, 6.45) is -11.7. The lowest BCUT2D eigenvalue weighted by Crippen LogP contribution is -2.40. The molecule has 0 N–H and O–H groups in total. The van der Waals surface area contributed by atoms with Crippen LogP contribution in [-0.2, 0) is 19.1 Å². The molecule has 0 radical (unpaired) electrons. The molecule has 0 spiro atoms. The molecule has 9 heteroatoms. The molecular formula is C9H9F5O4. The number of hydrogen-bond donors (Lipinski definition) is 0. The summed E-state index contributed by atoms with van der Waals surface area (Å²) in [6, 6.07) is 0. The van der Waals surface area contributed by atoms with Crippen LogP contribution in [0.4, 0.5) is 22.0 Å². The van der Waals surface area contributed by atoms with Crippen LogP contribution in [0.3, 0.4) is 0 Å². The first-order valence-corrected chi connectivity index (χ1v) is 4.52. The highest BCUT2D eigenvalue weighted by molar-refractivity contribution is 5.91. The second kappa shape index (κ2) is 5.78. The highest BCUT2D eigenvalue weighted by Crippen LogP contribution is 2.36. The topological polar surface area (TPSA) is 52.6 Å². The van der Waals surface area contributed by atoms with Crippen molar-refractivity contribution in [2.75, 3.05) is 0 Å². The minimum atomic E-state index is -6.02. The Bertz CT molecular complexity index is 345. The molecule has 0 saturated heterocycles. The Labute approximate surface area is 98.3 Å². The van der Waals surface area contributed by atoms with E-state index in [0.29, 0.717) is 6.08 Å². The standard InChI is InChI=1S/C9H9F5O4/c1-5(2)17-6(15)3-4-7(16)18-9(13,14)8(10,11)12/h3-5H,1-2H3/b4-3+. The molecule has 104 valence electrons. The summed E-state index contributed by atoms with van der Waals surface area (Å²) < 4.78 is 66.6. The van der Waals surface area contributed by atoms with Crippen molar-refractivity contribution >= 4 is 11.9 Å². The molecule has 0 fully saturated rings. The predicted octanol–water partition coefficient (Wildman–Crippen LogP) is 2.19. The van der Waals surface area contributed by atoms with Gasteiger partial charge in [-0.1, -0.05) is 0 Å². The first-order chi connectivity index (χ1) is 7.95. The Morgan fingerprint density at radius 2 is 1.44 bits per heavy atom. The summed E-state index contributed by atoms with van der Waals surface area (Å²) in [7, 11) is 0. The maximum absolute atomic E-state index is 12.2. The lowest BCUT2D eigenvalue weighted by molar-refractivity contribution is -0.374. The molecular weight excluding hydrogens is 267 g/mol. The summed E-state index contributed by atoms with van der Waals surface area (Å²) in [4.78, 5) is 21.4. The van der Waals surface area contributed by atoms with Gasteiger partial charge in [-0.2, -0.15) is 22.0 Å². The van der Waals surface area contributed by atoms with E-state index in [1.54, 1.807) is 0 Å². The minimum absolute atomic E-state index is 0.115. The van der Waals surface area contributed by atoms with E-state index in [1.165, 1.54) is 13.8 Å². The molecule has 0 rings (SSSR count). The number of carbonyl (C=O) groups excluding carboxylic acids is 2. The molecule has 0 aromatic rings. The summed E-state index contributed by atoms with van der Waals surface area (Å²) >= 11 is 0. The van der Waals surface area contributed by atoms with Gasteiger partial charge in [0, 0.05) is 12.2 Å².